The third-order valence-corrected chi connectivity index (χ3v) is 3.56. The second kappa shape index (κ2) is 8.54. The van der Waals surface area contributed by atoms with Crippen LogP contribution >= 0.6 is 11.6 Å². The Hall–Kier alpha value is -3.07. The van der Waals surface area contributed by atoms with Gasteiger partial charge < -0.3 is 10.1 Å². The number of ether oxygens (including phenoxy) is 1. The molecular formula is C17H13ClF3N3O3. The summed E-state index contributed by atoms with van der Waals surface area (Å²) in [7, 11) is 1.51. The van der Waals surface area contributed by atoms with Gasteiger partial charge in [0.1, 0.15) is 5.75 Å². The van der Waals surface area contributed by atoms with Crippen LogP contribution in [0.4, 0.5) is 18.9 Å². The fraction of sp³-hybridized carbons (Fsp3) is 0.118. The van der Waals surface area contributed by atoms with Crippen LogP contribution in [0.15, 0.2) is 47.6 Å². The number of carbonyl (C=O) groups excluding carboxylic acids is 2. The lowest BCUT2D eigenvalue weighted by atomic mass is 10.2. The molecule has 0 aliphatic heterocycles. The van der Waals surface area contributed by atoms with E-state index in [1.54, 1.807) is 24.3 Å². The van der Waals surface area contributed by atoms with E-state index in [0.717, 1.165) is 12.1 Å². The molecule has 0 radical (unpaired) electrons. The molecule has 0 unspecified atom stereocenters. The van der Waals surface area contributed by atoms with Gasteiger partial charge in [-0.3, -0.25) is 9.59 Å². The van der Waals surface area contributed by atoms with Gasteiger partial charge in [0.05, 0.1) is 23.9 Å². The standard InChI is InChI=1S/C17H13ClF3N3O3/c1-27-12-5-2-10(3-6-12)9-22-24-16(26)15(25)23-11-4-7-14(18)13(8-11)17(19,20)21/h2-9H,1H3,(H,23,25)(H,24,26)/b22-9-. The SMILES string of the molecule is COc1ccc(/C=N\NC(=O)C(=O)Nc2ccc(Cl)c(C(F)(F)F)c2)cc1. The van der Waals surface area contributed by atoms with Gasteiger partial charge in [0, 0.05) is 5.69 Å². The molecule has 142 valence electrons. The molecule has 0 atom stereocenters. The van der Waals surface area contributed by atoms with E-state index in [1.807, 2.05) is 10.7 Å². The largest absolute Gasteiger partial charge is 0.497 e. The number of carbonyl (C=O) groups is 2. The van der Waals surface area contributed by atoms with Crippen LogP contribution < -0.4 is 15.5 Å². The summed E-state index contributed by atoms with van der Waals surface area (Å²) in [6.07, 6.45) is -3.41. The van der Waals surface area contributed by atoms with Gasteiger partial charge in [0.25, 0.3) is 0 Å². The van der Waals surface area contributed by atoms with E-state index in [9.17, 15) is 22.8 Å². The maximum absolute atomic E-state index is 12.8. The number of alkyl halides is 3. The second-order valence-corrected chi connectivity index (χ2v) is 5.53. The number of rotatable bonds is 4. The Morgan fingerprint density at radius 1 is 1.11 bits per heavy atom. The number of hydrogen-bond donors (Lipinski definition) is 2. The lowest BCUT2D eigenvalue weighted by Gasteiger charge is -2.11. The summed E-state index contributed by atoms with van der Waals surface area (Å²) in [5, 5.41) is 5.13. The fourth-order valence-electron chi connectivity index (χ4n) is 1.91. The first-order valence-corrected chi connectivity index (χ1v) is 7.73. The molecule has 0 aliphatic rings. The van der Waals surface area contributed by atoms with Crippen molar-refractivity contribution in [2.24, 2.45) is 5.10 Å². The number of nitrogens with zero attached hydrogens (tertiary/aromatic N) is 1. The zero-order chi connectivity index (χ0) is 20.0. The van der Waals surface area contributed by atoms with E-state index in [4.69, 9.17) is 16.3 Å². The first kappa shape index (κ1) is 20.2. The van der Waals surface area contributed by atoms with E-state index in [2.05, 4.69) is 5.10 Å². The Morgan fingerprint density at radius 2 is 1.78 bits per heavy atom. The molecular weight excluding hydrogens is 387 g/mol. The van der Waals surface area contributed by atoms with Crippen molar-refractivity contribution >= 4 is 35.3 Å². The van der Waals surface area contributed by atoms with E-state index in [0.29, 0.717) is 17.4 Å². The highest BCUT2D eigenvalue weighted by Gasteiger charge is 2.33. The topological polar surface area (TPSA) is 79.8 Å². The minimum Gasteiger partial charge on any atom is -0.497 e. The van der Waals surface area contributed by atoms with Crippen LogP contribution in [-0.4, -0.2) is 25.1 Å². The predicted molar refractivity (Wildman–Crippen MR) is 93.8 cm³/mol. The number of anilines is 1. The Balaban J connectivity index is 1.97. The van der Waals surface area contributed by atoms with Crippen molar-refractivity contribution in [3.63, 3.8) is 0 Å². The molecule has 2 aromatic rings. The summed E-state index contributed by atoms with van der Waals surface area (Å²) >= 11 is 5.49. The first-order chi connectivity index (χ1) is 12.7. The zero-order valence-electron chi connectivity index (χ0n) is 13.8. The summed E-state index contributed by atoms with van der Waals surface area (Å²) in [6.45, 7) is 0. The van der Waals surface area contributed by atoms with Crippen molar-refractivity contribution in [2.75, 3.05) is 12.4 Å². The van der Waals surface area contributed by atoms with Crippen molar-refractivity contribution in [2.45, 2.75) is 6.18 Å². The molecule has 0 saturated carbocycles. The number of hydrazone groups is 1. The first-order valence-electron chi connectivity index (χ1n) is 7.36. The number of amides is 2. The molecule has 0 saturated heterocycles. The number of methoxy groups -OCH3 is 1. The van der Waals surface area contributed by atoms with Gasteiger partial charge in [-0.05, 0) is 48.0 Å². The second-order valence-electron chi connectivity index (χ2n) is 5.12. The molecule has 0 aromatic heterocycles. The molecule has 27 heavy (non-hydrogen) atoms. The highest BCUT2D eigenvalue weighted by Crippen LogP contribution is 2.36. The van der Waals surface area contributed by atoms with Gasteiger partial charge in [-0.1, -0.05) is 11.6 Å². The van der Waals surface area contributed by atoms with E-state index < -0.39 is 28.6 Å². The average molecular weight is 400 g/mol. The summed E-state index contributed by atoms with van der Waals surface area (Å²) in [5.41, 5.74) is 1.25. The summed E-state index contributed by atoms with van der Waals surface area (Å²) in [6, 6.07) is 9.43. The Bertz CT molecular complexity index is 868. The third-order valence-electron chi connectivity index (χ3n) is 3.23. The molecule has 2 aromatic carbocycles. The van der Waals surface area contributed by atoms with Gasteiger partial charge in [-0.25, -0.2) is 5.43 Å². The van der Waals surface area contributed by atoms with Crippen LogP contribution in [0.5, 0.6) is 5.75 Å². The van der Waals surface area contributed by atoms with Crippen LogP contribution in [0.1, 0.15) is 11.1 Å². The van der Waals surface area contributed by atoms with Gasteiger partial charge in [-0.2, -0.15) is 18.3 Å². The minimum absolute atomic E-state index is 0.231. The van der Waals surface area contributed by atoms with Crippen LogP contribution in [-0.2, 0) is 15.8 Å². The minimum atomic E-state index is -4.69. The quantitative estimate of drug-likeness (QED) is 0.469. The van der Waals surface area contributed by atoms with Crippen molar-refractivity contribution in [3.8, 4) is 5.75 Å². The highest BCUT2D eigenvalue weighted by atomic mass is 35.5. The van der Waals surface area contributed by atoms with Crippen LogP contribution in [0.25, 0.3) is 0 Å². The Morgan fingerprint density at radius 3 is 2.37 bits per heavy atom. The summed E-state index contributed by atoms with van der Waals surface area (Å²) < 4.78 is 43.4. The number of benzene rings is 2. The van der Waals surface area contributed by atoms with Gasteiger partial charge in [-0.15, -0.1) is 0 Å². The van der Waals surface area contributed by atoms with Crippen molar-refractivity contribution in [1.82, 2.24) is 5.43 Å². The number of nitrogens with one attached hydrogen (secondary N) is 2. The van der Waals surface area contributed by atoms with Crippen molar-refractivity contribution in [3.05, 3.63) is 58.6 Å². The lowest BCUT2D eigenvalue weighted by molar-refractivity contribution is -0.137. The van der Waals surface area contributed by atoms with Gasteiger partial charge in [0.2, 0.25) is 0 Å². The van der Waals surface area contributed by atoms with Crippen molar-refractivity contribution in [1.29, 1.82) is 0 Å². The Labute approximate surface area is 157 Å². The van der Waals surface area contributed by atoms with E-state index in [1.165, 1.54) is 13.3 Å². The number of hydrogen-bond acceptors (Lipinski definition) is 4. The molecule has 2 amide bonds. The number of halogens is 4. The molecule has 2 rings (SSSR count). The third kappa shape index (κ3) is 5.71. The van der Waals surface area contributed by atoms with Gasteiger partial charge in [0.15, 0.2) is 0 Å². The monoisotopic (exact) mass is 399 g/mol. The Kier molecular flexibility index (Phi) is 6.40. The predicted octanol–water partition coefficient (Wildman–Crippen LogP) is 3.46. The normalized spacial score (nSPS) is 11.3. The maximum atomic E-state index is 12.8. The van der Waals surface area contributed by atoms with Crippen LogP contribution in [0.3, 0.4) is 0 Å². The summed E-state index contributed by atoms with van der Waals surface area (Å²) in [4.78, 5) is 23.4. The molecule has 10 heteroatoms. The fourth-order valence-corrected chi connectivity index (χ4v) is 2.14. The van der Waals surface area contributed by atoms with Crippen LogP contribution in [0.2, 0.25) is 5.02 Å². The van der Waals surface area contributed by atoms with Crippen molar-refractivity contribution < 1.29 is 27.5 Å². The van der Waals surface area contributed by atoms with E-state index in [-0.39, 0.29) is 5.69 Å². The molecule has 0 bridgehead atoms. The van der Waals surface area contributed by atoms with E-state index >= 15 is 0 Å². The zero-order valence-corrected chi connectivity index (χ0v) is 14.6. The molecule has 2 N–H and O–H groups in total. The maximum Gasteiger partial charge on any atom is 0.417 e. The highest BCUT2D eigenvalue weighted by molar-refractivity contribution is 6.39. The summed E-state index contributed by atoms with van der Waals surface area (Å²) in [5.74, 6) is -1.70. The average Bonchev–Trinajstić information content (AvgIpc) is 2.62. The molecule has 0 heterocycles. The molecule has 0 spiro atoms. The molecule has 0 fully saturated rings. The molecule has 6 nitrogen and oxygen atoms in total. The lowest BCUT2D eigenvalue weighted by Crippen LogP contribution is -2.32. The smallest absolute Gasteiger partial charge is 0.417 e. The van der Waals surface area contributed by atoms with Crippen LogP contribution in [0, 0.1) is 0 Å². The molecule has 0 aliphatic carbocycles. The van der Waals surface area contributed by atoms with Gasteiger partial charge >= 0.3 is 18.0 Å².